The number of amides is 1. The molecule has 0 aliphatic heterocycles. The molecule has 0 unspecified atom stereocenters. The first-order valence-corrected chi connectivity index (χ1v) is 8.41. The lowest BCUT2D eigenvalue weighted by atomic mass is 10.0. The fourth-order valence-electron chi connectivity index (χ4n) is 1.93. The molecule has 0 bridgehead atoms. The van der Waals surface area contributed by atoms with Crippen molar-refractivity contribution in [2.75, 3.05) is 6.61 Å². The van der Waals surface area contributed by atoms with Gasteiger partial charge < -0.3 is 10.1 Å². The van der Waals surface area contributed by atoms with Crippen LogP contribution in [-0.4, -0.2) is 27.0 Å². The Morgan fingerprint density at radius 1 is 1.43 bits per heavy atom. The Bertz CT molecular complexity index is 636. The van der Waals surface area contributed by atoms with Crippen LogP contribution in [0.25, 0.3) is 0 Å². The summed E-state index contributed by atoms with van der Waals surface area (Å²) >= 11 is 0. The number of carbonyl (C=O) groups excluding carboxylic acids is 1. The van der Waals surface area contributed by atoms with E-state index < -0.39 is 10.0 Å². The molecule has 0 spiro atoms. The van der Waals surface area contributed by atoms with E-state index in [0.29, 0.717) is 11.3 Å². The van der Waals surface area contributed by atoms with Gasteiger partial charge in [-0.1, -0.05) is 13.8 Å². The van der Waals surface area contributed by atoms with Gasteiger partial charge in [0.15, 0.2) is 6.61 Å². The van der Waals surface area contributed by atoms with Crippen LogP contribution in [0.2, 0.25) is 0 Å². The van der Waals surface area contributed by atoms with Gasteiger partial charge in [0.2, 0.25) is 10.0 Å². The summed E-state index contributed by atoms with van der Waals surface area (Å²) in [5, 5.41) is 7.96. The van der Waals surface area contributed by atoms with Crippen LogP contribution in [-0.2, 0) is 14.8 Å². The summed E-state index contributed by atoms with van der Waals surface area (Å²) in [5.74, 6) is 0.388. The Morgan fingerprint density at radius 3 is 2.62 bits per heavy atom. The number of benzene rings is 1. The Hall–Kier alpha value is -1.60. The van der Waals surface area contributed by atoms with Gasteiger partial charge >= 0.3 is 0 Å². The zero-order valence-corrected chi connectivity index (χ0v) is 12.9. The number of sulfonamides is 1. The maximum atomic E-state index is 11.6. The normalized spacial score (nSPS) is 15.0. The highest BCUT2D eigenvalue weighted by Crippen LogP contribution is 2.29. The summed E-state index contributed by atoms with van der Waals surface area (Å²) in [6.45, 7) is 3.75. The van der Waals surface area contributed by atoms with E-state index in [9.17, 15) is 13.2 Å². The zero-order chi connectivity index (χ0) is 15.6. The Morgan fingerprint density at radius 2 is 2.10 bits per heavy atom. The van der Waals surface area contributed by atoms with Crippen molar-refractivity contribution < 1.29 is 17.9 Å². The van der Waals surface area contributed by atoms with E-state index in [4.69, 9.17) is 9.88 Å². The molecular formula is C14H20N2O4S. The Balaban J connectivity index is 2.12. The lowest BCUT2D eigenvalue weighted by Crippen LogP contribution is -2.30. The number of carbonyl (C=O) groups is 1. The molecule has 1 aromatic rings. The number of hydrogen-bond acceptors (Lipinski definition) is 4. The SMILES string of the molecule is CC(C)c1cc(S(N)(=O)=O)ccc1OCC(=O)NC1CC1. The van der Waals surface area contributed by atoms with E-state index in [1.807, 2.05) is 13.8 Å². The standard InChI is InChI=1S/C14H20N2O4S/c1-9(2)12-7-11(21(15,18)19)5-6-13(12)20-8-14(17)16-10-3-4-10/h5-7,9-10H,3-4,8H2,1-2H3,(H,16,17)(H2,15,18,19). The van der Waals surface area contributed by atoms with Gasteiger partial charge in [-0.15, -0.1) is 0 Å². The Kier molecular flexibility index (Phi) is 4.53. The second-order valence-electron chi connectivity index (χ2n) is 5.53. The first-order chi connectivity index (χ1) is 9.77. The van der Waals surface area contributed by atoms with E-state index in [2.05, 4.69) is 5.32 Å². The lowest BCUT2D eigenvalue weighted by Gasteiger charge is -2.15. The molecule has 1 aromatic carbocycles. The predicted octanol–water partition coefficient (Wildman–Crippen LogP) is 1.11. The van der Waals surface area contributed by atoms with E-state index in [-0.39, 0.29) is 29.4 Å². The highest BCUT2D eigenvalue weighted by Gasteiger charge is 2.23. The van der Waals surface area contributed by atoms with Crippen molar-refractivity contribution >= 4 is 15.9 Å². The van der Waals surface area contributed by atoms with Gasteiger partial charge in [0, 0.05) is 6.04 Å². The highest BCUT2D eigenvalue weighted by molar-refractivity contribution is 7.89. The number of hydrogen-bond donors (Lipinski definition) is 2. The minimum atomic E-state index is -3.75. The van der Waals surface area contributed by atoms with Crippen LogP contribution in [0.15, 0.2) is 23.1 Å². The maximum Gasteiger partial charge on any atom is 0.258 e. The van der Waals surface area contributed by atoms with Crippen LogP contribution >= 0.6 is 0 Å². The van der Waals surface area contributed by atoms with Crippen molar-refractivity contribution in [1.82, 2.24) is 5.32 Å². The van der Waals surface area contributed by atoms with E-state index >= 15 is 0 Å². The van der Waals surface area contributed by atoms with Crippen LogP contribution in [0.3, 0.4) is 0 Å². The van der Waals surface area contributed by atoms with Crippen LogP contribution in [0, 0.1) is 0 Å². The monoisotopic (exact) mass is 312 g/mol. The largest absolute Gasteiger partial charge is 0.483 e. The molecule has 6 nitrogen and oxygen atoms in total. The van der Waals surface area contributed by atoms with Gasteiger partial charge in [0.1, 0.15) is 5.75 Å². The fraction of sp³-hybridized carbons (Fsp3) is 0.500. The molecule has 2 rings (SSSR count). The number of rotatable bonds is 6. The van der Waals surface area contributed by atoms with Gasteiger partial charge in [-0.05, 0) is 42.5 Å². The van der Waals surface area contributed by atoms with Crippen molar-refractivity contribution in [1.29, 1.82) is 0 Å². The summed E-state index contributed by atoms with van der Waals surface area (Å²) in [5.41, 5.74) is 0.709. The minimum Gasteiger partial charge on any atom is -0.483 e. The summed E-state index contributed by atoms with van der Waals surface area (Å²) in [4.78, 5) is 11.7. The molecule has 1 amide bonds. The Labute approximate surface area is 124 Å². The van der Waals surface area contributed by atoms with Crippen molar-refractivity contribution in [3.8, 4) is 5.75 Å². The molecule has 1 saturated carbocycles. The molecule has 1 aliphatic rings. The number of primary sulfonamides is 1. The molecule has 0 atom stereocenters. The first-order valence-electron chi connectivity index (χ1n) is 6.86. The van der Waals surface area contributed by atoms with Gasteiger partial charge in [0.25, 0.3) is 5.91 Å². The third-order valence-electron chi connectivity index (χ3n) is 3.23. The summed E-state index contributed by atoms with van der Waals surface area (Å²) in [7, 11) is -3.75. The van der Waals surface area contributed by atoms with Crippen molar-refractivity contribution in [3.05, 3.63) is 23.8 Å². The number of nitrogens with one attached hydrogen (secondary N) is 1. The lowest BCUT2D eigenvalue weighted by molar-refractivity contribution is -0.123. The van der Waals surface area contributed by atoms with E-state index in [1.54, 1.807) is 6.07 Å². The molecule has 0 saturated heterocycles. The van der Waals surface area contributed by atoms with Gasteiger partial charge in [-0.25, -0.2) is 13.6 Å². The summed E-state index contributed by atoms with van der Waals surface area (Å²) in [6, 6.07) is 4.71. The molecule has 7 heteroatoms. The van der Waals surface area contributed by atoms with Crippen molar-refractivity contribution in [2.45, 2.75) is 43.5 Å². The highest BCUT2D eigenvalue weighted by atomic mass is 32.2. The van der Waals surface area contributed by atoms with Crippen LogP contribution in [0.5, 0.6) is 5.75 Å². The molecule has 1 aliphatic carbocycles. The predicted molar refractivity (Wildman–Crippen MR) is 78.6 cm³/mol. The summed E-state index contributed by atoms with van der Waals surface area (Å²) in [6.07, 6.45) is 2.04. The molecule has 0 aromatic heterocycles. The van der Waals surface area contributed by atoms with Crippen molar-refractivity contribution in [3.63, 3.8) is 0 Å². The summed E-state index contributed by atoms with van der Waals surface area (Å²) < 4.78 is 28.3. The van der Waals surface area contributed by atoms with Crippen molar-refractivity contribution in [2.24, 2.45) is 5.14 Å². The average molecular weight is 312 g/mol. The third-order valence-corrected chi connectivity index (χ3v) is 4.14. The van der Waals surface area contributed by atoms with E-state index in [0.717, 1.165) is 12.8 Å². The molecule has 21 heavy (non-hydrogen) atoms. The topological polar surface area (TPSA) is 98.5 Å². The maximum absolute atomic E-state index is 11.6. The number of ether oxygens (including phenoxy) is 1. The smallest absolute Gasteiger partial charge is 0.258 e. The quantitative estimate of drug-likeness (QED) is 0.822. The van der Waals surface area contributed by atoms with Crippen LogP contribution in [0.1, 0.15) is 38.2 Å². The third kappa shape index (κ3) is 4.44. The average Bonchev–Trinajstić information content (AvgIpc) is 3.18. The van der Waals surface area contributed by atoms with Gasteiger partial charge in [-0.3, -0.25) is 4.79 Å². The van der Waals surface area contributed by atoms with Crippen LogP contribution in [0.4, 0.5) is 0 Å². The molecule has 0 heterocycles. The molecule has 116 valence electrons. The molecule has 1 fully saturated rings. The molecule has 3 N–H and O–H groups in total. The number of nitrogens with two attached hydrogens (primary N) is 1. The van der Waals surface area contributed by atoms with Gasteiger partial charge in [-0.2, -0.15) is 0 Å². The second kappa shape index (κ2) is 6.03. The van der Waals surface area contributed by atoms with Gasteiger partial charge in [0.05, 0.1) is 4.90 Å². The van der Waals surface area contributed by atoms with E-state index in [1.165, 1.54) is 12.1 Å². The van der Waals surface area contributed by atoms with Crippen LogP contribution < -0.4 is 15.2 Å². The fourth-order valence-corrected chi connectivity index (χ4v) is 2.48. The zero-order valence-electron chi connectivity index (χ0n) is 12.1. The molecule has 0 radical (unpaired) electrons. The molecular weight excluding hydrogens is 292 g/mol. The first kappa shape index (κ1) is 15.8. The minimum absolute atomic E-state index is 0.0426. The second-order valence-corrected chi connectivity index (χ2v) is 7.09.